The molecule has 0 spiro atoms. The lowest BCUT2D eigenvalue weighted by molar-refractivity contribution is 1.25. The summed E-state index contributed by atoms with van der Waals surface area (Å²) in [5.74, 6) is 0. The van der Waals surface area contributed by atoms with Crippen LogP contribution in [0.4, 0.5) is 0 Å². The Bertz CT molecular complexity index is 211. The highest BCUT2D eigenvalue weighted by Gasteiger charge is 2.00. The first-order chi connectivity index (χ1) is 5.80. The Balaban J connectivity index is 3.01. The van der Waals surface area contributed by atoms with Crippen LogP contribution < -0.4 is 0 Å². The minimum Gasteiger partial charge on any atom is -0.0529 e. The van der Waals surface area contributed by atoms with Gasteiger partial charge in [0.05, 0.1) is 0 Å². The Morgan fingerprint density at radius 3 is 1.08 bits per heavy atom. The summed E-state index contributed by atoms with van der Waals surface area (Å²) in [4.78, 5) is 3.99. The van der Waals surface area contributed by atoms with Gasteiger partial charge in [-0.25, -0.2) is 0 Å². The third kappa shape index (κ3) is 3.91. The molecule has 0 N–H and O–H groups in total. The van der Waals surface area contributed by atoms with Crippen molar-refractivity contribution in [2.75, 3.05) is 0 Å². The normalized spacial score (nSPS) is 10.2. The van der Waals surface area contributed by atoms with E-state index in [4.69, 9.17) is 0 Å². The molecule has 0 unspecified atom stereocenters. The molecule has 1 aromatic rings. The van der Waals surface area contributed by atoms with Crippen LogP contribution in [0.25, 0.3) is 0 Å². The smallest absolute Gasteiger partial charge is 0.0201 e. The molecule has 0 bridgehead atoms. The van der Waals surface area contributed by atoms with Gasteiger partial charge >= 0.3 is 0 Å². The summed E-state index contributed by atoms with van der Waals surface area (Å²) in [6, 6.07) is 6.64. The van der Waals surface area contributed by atoms with Crippen molar-refractivity contribution in [1.82, 2.24) is 0 Å². The van der Waals surface area contributed by atoms with E-state index in [9.17, 15) is 0 Å². The van der Waals surface area contributed by atoms with Gasteiger partial charge in [-0.2, -0.15) is 0 Å². The third-order valence-corrected chi connectivity index (χ3v) is 6.94. The molecule has 6 heteroatoms. The second-order valence-corrected chi connectivity index (χ2v) is 7.71. The number of benzene rings is 1. The van der Waals surface area contributed by atoms with E-state index in [1.54, 1.807) is 26.8 Å². The standard InChI is InChI=1S/C6H3I3S3/c7-10-4-1-5(11-8)3-6(2-4)12-9/h1-3H. The zero-order chi connectivity index (χ0) is 8.97. The Morgan fingerprint density at radius 1 is 0.667 bits per heavy atom. The molecule has 0 saturated heterocycles. The maximum Gasteiger partial charge on any atom is 0.0201 e. The van der Waals surface area contributed by atoms with E-state index >= 15 is 0 Å². The fraction of sp³-hybridized carbons (Fsp3) is 0. The lowest BCUT2D eigenvalue weighted by Gasteiger charge is -2.01. The third-order valence-electron chi connectivity index (χ3n) is 1.12. The summed E-state index contributed by atoms with van der Waals surface area (Å²) >= 11 is 6.94. The van der Waals surface area contributed by atoms with Gasteiger partial charge in [0.25, 0.3) is 0 Å². The topological polar surface area (TPSA) is 0 Å². The van der Waals surface area contributed by atoms with Crippen LogP contribution in [0.15, 0.2) is 32.9 Å². The quantitative estimate of drug-likeness (QED) is 0.422. The minimum absolute atomic E-state index is 1.33. The van der Waals surface area contributed by atoms with Crippen molar-refractivity contribution in [3.8, 4) is 0 Å². The lowest BCUT2D eigenvalue weighted by atomic mass is 10.4. The van der Waals surface area contributed by atoms with Crippen molar-refractivity contribution in [2.24, 2.45) is 0 Å². The van der Waals surface area contributed by atoms with Gasteiger partial charge in [-0.3, -0.25) is 0 Å². The van der Waals surface area contributed by atoms with Crippen LogP contribution in [0.3, 0.4) is 0 Å². The van der Waals surface area contributed by atoms with Gasteiger partial charge < -0.3 is 0 Å². The largest absolute Gasteiger partial charge is 0.0529 e. The fourth-order valence-electron chi connectivity index (χ4n) is 0.679. The van der Waals surface area contributed by atoms with E-state index in [0.29, 0.717) is 0 Å². The van der Waals surface area contributed by atoms with Crippen molar-refractivity contribution < 1.29 is 0 Å². The Hall–Kier alpha value is 2.46. The molecule has 0 heterocycles. The first kappa shape index (κ1) is 12.5. The summed E-state index contributed by atoms with van der Waals surface area (Å²) in [5.41, 5.74) is 0. The summed E-state index contributed by atoms with van der Waals surface area (Å²) in [7, 11) is 5.29. The Morgan fingerprint density at radius 2 is 0.917 bits per heavy atom. The summed E-state index contributed by atoms with van der Waals surface area (Å²) < 4.78 is 0. The molecule has 1 rings (SSSR count). The fourth-order valence-corrected chi connectivity index (χ4v) is 4.22. The van der Waals surface area contributed by atoms with Gasteiger partial charge in [-0.05, 0) is 18.2 Å². The van der Waals surface area contributed by atoms with Gasteiger partial charge in [0.15, 0.2) is 0 Å². The molecule has 1 aromatic carbocycles. The second-order valence-electron chi connectivity index (χ2n) is 1.87. The molecule has 0 saturated carbocycles. The van der Waals surface area contributed by atoms with Crippen molar-refractivity contribution in [2.45, 2.75) is 14.7 Å². The van der Waals surface area contributed by atoms with Crippen LogP contribution in [0.1, 0.15) is 0 Å². The maximum atomic E-state index is 2.31. The highest BCUT2D eigenvalue weighted by atomic mass is 127. The number of halogens is 3. The molecule has 0 fully saturated rings. The lowest BCUT2D eigenvalue weighted by Crippen LogP contribution is -1.73. The molecule has 0 radical (unpaired) electrons. The molecule has 66 valence electrons. The Kier molecular flexibility index (Phi) is 7.16. The Labute approximate surface area is 121 Å². The van der Waals surface area contributed by atoms with E-state index in [2.05, 4.69) is 81.8 Å². The summed E-state index contributed by atoms with van der Waals surface area (Å²) in [6.45, 7) is 0. The zero-order valence-corrected chi connectivity index (χ0v) is 14.5. The molecule has 12 heavy (non-hydrogen) atoms. The SMILES string of the molecule is ISc1cc(SI)cc(SI)c1. The zero-order valence-electron chi connectivity index (χ0n) is 5.59. The van der Waals surface area contributed by atoms with Crippen LogP contribution in [0, 0.1) is 0 Å². The van der Waals surface area contributed by atoms with Crippen LogP contribution in [0.5, 0.6) is 0 Å². The minimum atomic E-state index is 1.33. The molecule has 0 aliphatic heterocycles. The number of rotatable bonds is 3. The number of hydrogen-bond donors (Lipinski definition) is 0. The van der Waals surface area contributed by atoms with Crippen LogP contribution in [-0.4, -0.2) is 0 Å². The van der Waals surface area contributed by atoms with Crippen LogP contribution in [-0.2, 0) is 0 Å². The summed E-state index contributed by atoms with van der Waals surface area (Å²) in [6.07, 6.45) is 0. The molecular formula is C6H3I3S3. The van der Waals surface area contributed by atoms with E-state index in [-0.39, 0.29) is 0 Å². The molecule has 0 nitrogen and oxygen atoms in total. The van der Waals surface area contributed by atoms with Crippen molar-refractivity contribution >= 4 is 90.4 Å². The van der Waals surface area contributed by atoms with E-state index < -0.39 is 0 Å². The first-order valence-electron chi connectivity index (χ1n) is 2.81. The number of hydrogen-bond acceptors (Lipinski definition) is 3. The molecule has 0 aliphatic carbocycles. The molecule has 0 aromatic heterocycles. The first-order valence-corrected chi connectivity index (χ1v) is 12.9. The average molecular weight is 552 g/mol. The van der Waals surface area contributed by atoms with Crippen LogP contribution in [0.2, 0.25) is 0 Å². The van der Waals surface area contributed by atoms with Gasteiger partial charge in [0.2, 0.25) is 0 Å². The van der Waals surface area contributed by atoms with Gasteiger partial charge in [0, 0.05) is 78.3 Å². The second kappa shape index (κ2) is 6.85. The molecule has 0 aliphatic rings. The average Bonchev–Trinajstić information content (AvgIpc) is 2.16. The molecule has 0 amide bonds. The predicted molar refractivity (Wildman–Crippen MR) is 86.1 cm³/mol. The highest BCUT2D eigenvalue weighted by Crippen LogP contribution is 2.37. The predicted octanol–water partition coefficient (Wildman–Crippen LogP) is 6.01. The van der Waals surface area contributed by atoms with Gasteiger partial charge in [-0.15, -0.1) is 0 Å². The van der Waals surface area contributed by atoms with Gasteiger partial charge in [0.1, 0.15) is 0 Å². The summed E-state index contributed by atoms with van der Waals surface area (Å²) in [5, 5.41) is 0. The maximum absolute atomic E-state index is 2.31. The van der Waals surface area contributed by atoms with Crippen molar-refractivity contribution in [3.63, 3.8) is 0 Å². The monoisotopic (exact) mass is 552 g/mol. The molecular weight excluding hydrogens is 549 g/mol. The van der Waals surface area contributed by atoms with Crippen molar-refractivity contribution in [3.05, 3.63) is 18.2 Å². The molecule has 0 atom stereocenters. The van der Waals surface area contributed by atoms with E-state index in [1.807, 2.05) is 0 Å². The van der Waals surface area contributed by atoms with E-state index in [0.717, 1.165) is 0 Å². The van der Waals surface area contributed by atoms with Crippen molar-refractivity contribution in [1.29, 1.82) is 0 Å². The van der Waals surface area contributed by atoms with Crippen LogP contribution >= 0.6 is 90.4 Å². The van der Waals surface area contributed by atoms with E-state index in [1.165, 1.54) is 14.7 Å². The highest BCUT2D eigenvalue weighted by molar-refractivity contribution is 14.2. The van der Waals surface area contributed by atoms with Gasteiger partial charge in [-0.1, -0.05) is 26.8 Å².